The summed E-state index contributed by atoms with van der Waals surface area (Å²) in [6.45, 7) is 2.50. The van der Waals surface area contributed by atoms with Crippen molar-refractivity contribution in [3.63, 3.8) is 0 Å². The largest absolute Gasteiger partial charge is 0.748 e. The molecule has 0 aromatic rings. The summed E-state index contributed by atoms with van der Waals surface area (Å²) in [7, 11) is -4.32. The average Bonchev–Trinajstić information content (AvgIpc) is 2.33. The van der Waals surface area contributed by atoms with E-state index in [1.807, 2.05) is 0 Å². The van der Waals surface area contributed by atoms with Crippen LogP contribution in [0.25, 0.3) is 0 Å². The molecule has 0 fully saturated rings. The molecule has 0 aliphatic carbocycles. The van der Waals surface area contributed by atoms with E-state index in [2.05, 4.69) is 6.92 Å². The van der Waals surface area contributed by atoms with Crippen molar-refractivity contribution in [2.24, 2.45) is 0 Å². The maximum absolute atomic E-state index is 11.1. The second-order valence-corrected chi connectivity index (χ2v) is 6.23. The van der Waals surface area contributed by atoms with Crippen molar-refractivity contribution in [3.05, 3.63) is 0 Å². The standard InChI is InChI=1S/C13H26O5S/c1-2-3-4-5-6-7-8-9-11-18-13(14)10-12-19(15,16)17/h2-12H2,1H3,(H,15,16,17)/p-1. The van der Waals surface area contributed by atoms with E-state index in [1.54, 1.807) is 0 Å². The maximum atomic E-state index is 11.1. The van der Waals surface area contributed by atoms with Gasteiger partial charge in [0, 0.05) is 5.75 Å². The fourth-order valence-electron chi connectivity index (χ4n) is 1.70. The van der Waals surface area contributed by atoms with Crippen LogP contribution in [-0.2, 0) is 19.6 Å². The fraction of sp³-hybridized carbons (Fsp3) is 0.923. The van der Waals surface area contributed by atoms with Crippen molar-refractivity contribution >= 4 is 16.1 Å². The number of unbranched alkanes of at least 4 members (excludes halogenated alkanes) is 7. The van der Waals surface area contributed by atoms with E-state index in [1.165, 1.54) is 32.1 Å². The molecule has 6 heteroatoms. The first-order valence-corrected chi connectivity index (χ1v) is 8.62. The summed E-state index contributed by atoms with van der Waals surface area (Å²) in [4.78, 5) is 11.1. The topological polar surface area (TPSA) is 83.5 Å². The van der Waals surface area contributed by atoms with Crippen LogP contribution in [0.15, 0.2) is 0 Å². The van der Waals surface area contributed by atoms with Gasteiger partial charge in [-0.05, 0) is 6.42 Å². The second-order valence-electron chi connectivity index (χ2n) is 4.71. The Morgan fingerprint density at radius 1 is 1.00 bits per heavy atom. The van der Waals surface area contributed by atoms with E-state index < -0.39 is 21.8 Å². The van der Waals surface area contributed by atoms with E-state index >= 15 is 0 Å². The van der Waals surface area contributed by atoms with Gasteiger partial charge in [-0.15, -0.1) is 0 Å². The van der Waals surface area contributed by atoms with Gasteiger partial charge in [0.1, 0.15) is 0 Å². The molecule has 0 heterocycles. The minimum absolute atomic E-state index is 0.312. The van der Waals surface area contributed by atoms with E-state index in [9.17, 15) is 17.8 Å². The van der Waals surface area contributed by atoms with Gasteiger partial charge < -0.3 is 9.29 Å². The van der Waals surface area contributed by atoms with E-state index in [4.69, 9.17) is 4.74 Å². The first kappa shape index (κ1) is 18.4. The molecule has 5 nitrogen and oxygen atoms in total. The molecule has 19 heavy (non-hydrogen) atoms. The maximum Gasteiger partial charge on any atom is 0.306 e. The van der Waals surface area contributed by atoms with Gasteiger partial charge in [-0.1, -0.05) is 51.9 Å². The number of ether oxygens (including phenoxy) is 1. The van der Waals surface area contributed by atoms with Crippen molar-refractivity contribution in [2.75, 3.05) is 12.4 Å². The Balaban J connectivity index is 3.28. The molecule has 0 atom stereocenters. The zero-order valence-electron chi connectivity index (χ0n) is 11.7. The zero-order valence-corrected chi connectivity index (χ0v) is 12.5. The molecule has 0 rings (SSSR count). The van der Waals surface area contributed by atoms with Crippen LogP contribution < -0.4 is 0 Å². The van der Waals surface area contributed by atoms with Gasteiger partial charge in [0.2, 0.25) is 0 Å². The number of hydrogen-bond donors (Lipinski definition) is 0. The summed E-state index contributed by atoms with van der Waals surface area (Å²) in [6, 6.07) is 0. The fourth-order valence-corrected chi connectivity index (χ4v) is 2.12. The highest BCUT2D eigenvalue weighted by Gasteiger charge is 2.05. The van der Waals surface area contributed by atoms with Crippen molar-refractivity contribution in [3.8, 4) is 0 Å². The Labute approximate surface area is 116 Å². The smallest absolute Gasteiger partial charge is 0.306 e. The predicted molar refractivity (Wildman–Crippen MR) is 72.8 cm³/mol. The van der Waals surface area contributed by atoms with Crippen molar-refractivity contribution < 1.29 is 22.5 Å². The highest BCUT2D eigenvalue weighted by atomic mass is 32.2. The number of rotatable bonds is 12. The molecule has 0 aromatic heterocycles. The molecule has 0 N–H and O–H groups in total. The number of carbonyl (C=O) groups is 1. The lowest BCUT2D eigenvalue weighted by atomic mass is 10.1. The summed E-state index contributed by atoms with van der Waals surface area (Å²) in [5.41, 5.74) is 0. The first-order chi connectivity index (χ1) is 8.95. The van der Waals surface area contributed by atoms with Crippen LogP contribution in [0.3, 0.4) is 0 Å². The number of esters is 1. The molecule has 0 aliphatic heterocycles. The third-order valence-electron chi connectivity index (χ3n) is 2.82. The summed E-state index contributed by atoms with van der Waals surface area (Å²) >= 11 is 0. The summed E-state index contributed by atoms with van der Waals surface area (Å²) in [5, 5.41) is 0. The van der Waals surface area contributed by atoms with Crippen LogP contribution in [0.5, 0.6) is 0 Å². The molecule has 0 aliphatic rings. The van der Waals surface area contributed by atoms with Crippen molar-refractivity contribution in [1.29, 1.82) is 0 Å². The van der Waals surface area contributed by atoms with E-state index in [-0.39, 0.29) is 6.42 Å². The Bertz CT molecular complexity index is 324. The molecule has 0 saturated carbocycles. The third-order valence-corrected chi connectivity index (χ3v) is 3.52. The normalized spacial score (nSPS) is 11.5. The lowest BCUT2D eigenvalue weighted by molar-refractivity contribution is -0.143. The molecule has 114 valence electrons. The van der Waals surface area contributed by atoms with Gasteiger partial charge >= 0.3 is 5.97 Å². The molecule has 0 saturated heterocycles. The molecule has 0 radical (unpaired) electrons. The summed E-state index contributed by atoms with van der Waals surface area (Å²) in [5.74, 6) is -1.29. The molecule has 0 aromatic carbocycles. The molecular formula is C13H25O5S-. The minimum atomic E-state index is -4.32. The third kappa shape index (κ3) is 15.3. The van der Waals surface area contributed by atoms with Crippen LogP contribution >= 0.6 is 0 Å². The Morgan fingerprint density at radius 3 is 2.05 bits per heavy atom. The zero-order chi connectivity index (χ0) is 14.6. The van der Waals surface area contributed by atoms with Crippen LogP contribution in [0.2, 0.25) is 0 Å². The van der Waals surface area contributed by atoms with Crippen LogP contribution in [0, 0.1) is 0 Å². The van der Waals surface area contributed by atoms with Crippen LogP contribution in [0.1, 0.15) is 64.7 Å². The average molecular weight is 293 g/mol. The first-order valence-electron chi connectivity index (χ1n) is 7.05. The quantitative estimate of drug-likeness (QED) is 0.314. The van der Waals surface area contributed by atoms with Gasteiger partial charge in [-0.3, -0.25) is 4.79 Å². The van der Waals surface area contributed by atoms with Crippen molar-refractivity contribution in [2.45, 2.75) is 64.7 Å². The van der Waals surface area contributed by atoms with Crippen molar-refractivity contribution in [1.82, 2.24) is 0 Å². The Hall–Kier alpha value is -0.620. The van der Waals surface area contributed by atoms with Crippen LogP contribution in [-0.4, -0.2) is 31.3 Å². The highest BCUT2D eigenvalue weighted by molar-refractivity contribution is 7.85. The molecule has 0 spiro atoms. The lowest BCUT2D eigenvalue weighted by Gasteiger charge is -2.07. The molecular weight excluding hydrogens is 268 g/mol. The predicted octanol–water partition coefficient (Wildman–Crippen LogP) is 2.61. The number of carbonyl (C=O) groups excluding carboxylic acids is 1. The monoisotopic (exact) mass is 293 g/mol. The Kier molecular flexibility index (Phi) is 10.9. The Morgan fingerprint density at radius 2 is 1.53 bits per heavy atom. The summed E-state index contributed by atoms with van der Waals surface area (Å²) < 4.78 is 35.7. The van der Waals surface area contributed by atoms with Gasteiger partial charge in [-0.2, -0.15) is 0 Å². The summed E-state index contributed by atoms with van der Waals surface area (Å²) in [6.07, 6.45) is 8.89. The van der Waals surface area contributed by atoms with E-state index in [0.717, 1.165) is 19.3 Å². The number of hydrogen-bond acceptors (Lipinski definition) is 5. The molecule has 0 bridgehead atoms. The van der Waals surface area contributed by atoms with Gasteiger partial charge in [0.15, 0.2) is 0 Å². The van der Waals surface area contributed by atoms with E-state index in [0.29, 0.717) is 6.61 Å². The van der Waals surface area contributed by atoms with Gasteiger partial charge in [0.25, 0.3) is 0 Å². The minimum Gasteiger partial charge on any atom is -0.748 e. The SMILES string of the molecule is CCCCCCCCCCOC(=O)CCS(=O)(=O)[O-]. The lowest BCUT2D eigenvalue weighted by Crippen LogP contribution is -2.13. The second kappa shape index (κ2) is 11.2. The van der Waals surface area contributed by atoms with Crippen LogP contribution in [0.4, 0.5) is 0 Å². The van der Waals surface area contributed by atoms with Gasteiger partial charge in [-0.25, -0.2) is 8.42 Å². The van der Waals surface area contributed by atoms with Gasteiger partial charge in [0.05, 0.1) is 23.1 Å². The molecule has 0 amide bonds. The molecule has 0 unspecified atom stereocenters. The highest BCUT2D eigenvalue weighted by Crippen LogP contribution is 2.08.